The first kappa shape index (κ1) is 15.3. The fraction of sp³-hybridized carbons (Fsp3) is 0.400. The van der Waals surface area contributed by atoms with Crippen LogP contribution in [-0.2, 0) is 6.54 Å². The van der Waals surface area contributed by atoms with E-state index in [4.69, 9.17) is 15.3 Å². The van der Waals surface area contributed by atoms with Crippen molar-refractivity contribution >= 4 is 0 Å². The maximum absolute atomic E-state index is 5.77. The standard InChI is InChI=1S/C15H22N4O2/c1-4-8-19-10-11(9-17-19)15(18-16)14-12(20-2)6-5-7-13(14)21-3/h5-7,9-10,15,18H,4,8,16H2,1-3H3. The number of aromatic nitrogens is 2. The molecule has 114 valence electrons. The van der Waals surface area contributed by atoms with E-state index in [2.05, 4.69) is 17.4 Å². The number of methoxy groups -OCH3 is 2. The lowest BCUT2D eigenvalue weighted by Crippen LogP contribution is -2.29. The van der Waals surface area contributed by atoms with Crippen LogP contribution in [0, 0.1) is 0 Å². The molecular formula is C15H22N4O2. The molecule has 0 bridgehead atoms. The van der Waals surface area contributed by atoms with Crippen molar-refractivity contribution in [1.29, 1.82) is 0 Å². The zero-order valence-electron chi connectivity index (χ0n) is 12.7. The van der Waals surface area contributed by atoms with Gasteiger partial charge < -0.3 is 9.47 Å². The molecule has 0 fully saturated rings. The van der Waals surface area contributed by atoms with Crippen LogP contribution in [0.4, 0.5) is 0 Å². The highest BCUT2D eigenvalue weighted by Gasteiger charge is 2.22. The summed E-state index contributed by atoms with van der Waals surface area (Å²) in [4.78, 5) is 0. The van der Waals surface area contributed by atoms with Gasteiger partial charge in [-0.15, -0.1) is 0 Å². The minimum atomic E-state index is -0.248. The number of rotatable bonds is 7. The van der Waals surface area contributed by atoms with Gasteiger partial charge in [0, 0.05) is 18.3 Å². The first-order valence-corrected chi connectivity index (χ1v) is 6.94. The molecule has 0 aliphatic rings. The number of nitrogens with zero attached hydrogens (tertiary/aromatic N) is 2. The van der Waals surface area contributed by atoms with Gasteiger partial charge in [0.2, 0.25) is 0 Å². The first-order chi connectivity index (χ1) is 10.2. The molecule has 21 heavy (non-hydrogen) atoms. The average molecular weight is 290 g/mol. The minimum absolute atomic E-state index is 0.248. The van der Waals surface area contributed by atoms with Crippen LogP contribution in [0.1, 0.15) is 30.5 Å². The highest BCUT2D eigenvalue weighted by Crippen LogP contribution is 2.36. The molecule has 6 nitrogen and oxygen atoms in total. The number of hydrogen-bond donors (Lipinski definition) is 2. The second-order valence-corrected chi connectivity index (χ2v) is 4.71. The Labute approximate surface area is 124 Å². The van der Waals surface area contributed by atoms with Crippen LogP contribution >= 0.6 is 0 Å². The maximum Gasteiger partial charge on any atom is 0.127 e. The van der Waals surface area contributed by atoms with Crippen LogP contribution in [0.2, 0.25) is 0 Å². The molecule has 6 heteroatoms. The number of benzene rings is 1. The molecule has 3 N–H and O–H groups in total. The number of ether oxygens (including phenoxy) is 2. The van der Waals surface area contributed by atoms with Gasteiger partial charge in [0.1, 0.15) is 11.5 Å². The Morgan fingerprint density at radius 3 is 2.48 bits per heavy atom. The van der Waals surface area contributed by atoms with Gasteiger partial charge in [0.05, 0.1) is 32.0 Å². The van der Waals surface area contributed by atoms with Gasteiger partial charge in [-0.25, -0.2) is 5.43 Å². The molecule has 2 rings (SSSR count). The van der Waals surface area contributed by atoms with Crippen molar-refractivity contribution in [3.05, 3.63) is 41.7 Å². The Morgan fingerprint density at radius 2 is 1.95 bits per heavy atom. The van der Waals surface area contributed by atoms with E-state index in [9.17, 15) is 0 Å². The highest BCUT2D eigenvalue weighted by atomic mass is 16.5. The third-order valence-electron chi connectivity index (χ3n) is 3.36. The molecule has 1 unspecified atom stereocenters. The molecule has 2 aromatic rings. The molecular weight excluding hydrogens is 268 g/mol. The summed E-state index contributed by atoms with van der Waals surface area (Å²) in [5.41, 5.74) is 4.65. The third-order valence-corrected chi connectivity index (χ3v) is 3.36. The van der Waals surface area contributed by atoms with Crippen LogP contribution in [0.25, 0.3) is 0 Å². The average Bonchev–Trinajstić information content (AvgIpc) is 2.97. The normalized spacial score (nSPS) is 12.2. The van der Waals surface area contributed by atoms with Crippen LogP contribution < -0.4 is 20.7 Å². The number of nitrogens with two attached hydrogens (primary N) is 1. The van der Waals surface area contributed by atoms with E-state index in [0.29, 0.717) is 0 Å². The summed E-state index contributed by atoms with van der Waals surface area (Å²) in [7, 11) is 3.26. The first-order valence-electron chi connectivity index (χ1n) is 6.94. The molecule has 0 saturated carbocycles. The number of hydrogen-bond acceptors (Lipinski definition) is 5. The summed E-state index contributed by atoms with van der Waals surface area (Å²) < 4.78 is 12.8. The smallest absolute Gasteiger partial charge is 0.127 e. The second-order valence-electron chi connectivity index (χ2n) is 4.71. The van der Waals surface area contributed by atoms with Crippen molar-refractivity contribution in [2.24, 2.45) is 5.84 Å². The largest absolute Gasteiger partial charge is 0.496 e. The lowest BCUT2D eigenvalue weighted by atomic mass is 10.00. The Bertz CT molecular complexity index is 561. The monoisotopic (exact) mass is 290 g/mol. The molecule has 1 aromatic heterocycles. The van der Waals surface area contributed by atoms with Gasteiger partial charge >= 0.3 is 0 Å². The van der Waals surface area contributed by atoms with Crippen LogP contribution in [0.5, 0.6) is 11.5 Å². The van der Waals surface area contributed by atoms with Crippen molar-refractivity contribution < 1.29 is 9.47 Å². The minimum Gasteiger partial charge on any atom is -0.496 e. The molecule has 0 spiro atoms. The zero-order chi connectivity index (χ0) is 15.2. The van der Waals surface area contributed by atoms with Crippen molar-refractivity contribution in [3.63, 3.8) is 0 Å². The maximum atomic E-state index is 5.77. The van der Waals surface area contributed by atoms with Gasteiger partial charge in [0.25, 0.3) is 0 Å². The predicted octanol–water partition coefficient (Wildman–Crippen LogP) is 1.86. The Kier molecular flexibility index (Phi) is 5.19. The number of aryl methyl sites for hydroxylation is 1. The third kappa shape index (κ3) is 3.17. The fourth-order valence-electron chi connectivity index (χ4n) is 2.39. The van der Waals surface area contributed by atoms with Gasteiger partial charge in [-0.1, -0.05) is 13.0 Å². The molecule has 0 radical (unpaired) electrons. The van der Waals surface area contributed by atoms with Crippen molar-refractivity contribution in [2.45, 2.75) is 25.9 Å². The van der Waals surface area contributed by atoms with Crippen LogP contribution in [0.15, 0.2) is 30.6 Å². The molecule has 0 aliphatic heterocycles. The molecule has 0 saturated heterocycles. The van der Waals surface area contributed by atoms with Gasteiger partial charge in [-0.05, 0) is 18.6 Å². The molecule has 1 aromatic carbocycles. The van der Waals surface area contributed by atoms with Crippen LogP contribution in [0.3, 0.4) is 0 Å². The van der Waals surface area contributed by atoms with E-state index < -0.39 is 0 Å². The van der Waals surface area contributed by atoms with E-state index in [1.54, 1.807) is 14.2 Å². The zero-order valence-corrected chi connectivity index (χ0v) is 12.7. The lowest BCUT2D eigenvalue weighted by Gasteiger charge is -2.20. The Hall–Kier alpha value is -2.05. The topological polar surface area (TPSA) is 74.3 Å². The summed E-state index contributed by atoms with van der Waals surface area (Å²) in [5.74, 6) is 7.21. The van der Waals surface area contributed by atoms with Crippen molar-refractivity contribution in [1.82, 2.24) is 15.2 Å². The molecule has 1 atom stereocenters. The Balaban J connectivity index is 2.44. The number of nitrogens with one attached hydrogen (secondary N) is 1. The number of hydrazine groups is 1. The molecule has 0 amide bonds. The van der Waals surface area contributed by atoms with E-state index in [1.807, 2.05) is 35.3 Å². The molecule has 0 aliphatic carbocycles. The van der Waals surface area contributed by atoms with E-state index in [0.717, 1.165) is 35.6 Å². The van der Waals surface area contributed by atoms with Gasteiger partial charge in [-0.3, -0.25) is 10.5 Å². The van der Waals surface area contributed by atoms with E-state index >= 15 is 0 Å². The van der Waals surface area contributed by atoms with E-state index in [1.165, 1.54) is 0 Å². The summed E-state index contributed by atoms with van der Waals surface area (Å²) in [6, 6.07) is 5.41. The quantitative estimate of drug-likeness (QED) is 0.601. The Morgan fingerprint density at radius 1 is 1.29 bits per heavy atom. The van der Waals surface area contributed by atoms with Crippen molar-refractivity contribution in [3.8, 4) is 11.5 Å². The van der Waals surface area contributed by atoms with E-state index in [-0.39, 0.29) is 6.04 Å². The van der Waals surface area contributed by atoms with Gasteiger partial charge in [0.15, 0.2) is 0 Å². The van der Waals surface area contributed by atoms with Gasteiger partial charge in [-0.2, -0.15) is 5.10 Å². The summed E-state index contributed by atoms with van der Waals surface area (Å²) in [6.45, 7) is 2.99. The summed E-state index contributed by atoms with van der Waals surface area (Å²) in [5, 5.41) is 4.35. The van der Waals surface area contributed by atoms with Crippen molar-refractivity contribution in [2.75, 3.05) is 14.2 Å². The summed E-state index contributed by atoms with van der Waals surface area (Å²) >= 11 is 0. The lowest BCUT2D eigenvalue weighted by molar-refractivity contribution is 0.377. The van der Waals surface area contributed by atoms with Crippen LogP contribution in [-0.4, -0.2) is 24.0 Å². The highest BCUT2D eigenvalue weighted by molar-refractivity contribution is 5.50. The SMILES string of the molecule is CCCn1cc(C(NN)c2c(OC)cccc2OC)cn1. The fourth-order valence-corrected chi connectivity index (χ4v) is 2.39. The molecule has 1 heterocycles. The second kappa shape index (κ2) is 7.10. The predicted molar refractivity (Wildman–Crippen MR) is 81.2 cm³/mol. The summed E-state index contributed by atoms with van der Waals surface area (Å²) in [6.07, 6.45) is 4.83.